The third-order valence-electron chi connectivity index (χ3n) is 3.91. The van der Waals surface area contributed by atoms with Crippen molar-refractivity contribution in [3.63, 3.8) is 0 Å². The monoisotopic (exact) mass is 306 g/mol. The molecule has 2 aromatic rings. The molecule has 6 nitrogen and oxygen atoms in total. The number of benzene rings is 1. The first-order valence-electron chi connectivity index (χ1n) is 7.09. The van der Waals surface area contributed by atoms with Crippen LogP contribution in [0.25, 0.3) is 0 Å². The van der Waals surface area contributed by atoms with E-state index in [2.05, 4.69) is 10.3 Å². The number of carbonyl (C=O) groups is 2. The Bertz CT molecular complexity index is 796. The second-order valence-corrected chi connectivity index (χ2v) is 5.46. The highest BCUT2D eigenvalue weighted by atomic mass is 16.2. The van der Waals surface area contributed by atoms with Crippen LogP contribution in [-0.4, -0.2) is 21.8 Å². The summed E-state index contributed by atoms with van der Waals surface area (Å²) in [6, 6.07) is 13.5. The molecule has 2 heterocycles. The molecule has 0 aliphatic carbocycles. The van der Waals surface area contributed by atoms with Gasteiger partial charge in [0.2, 0.25) is 0 Å². The summed E-state index contributed by atoms with van der Waals surface area (Å²) >= 11 is 0. The quantitative estimate of drug-likeness (QED) is 0.878. The molecule has 0 spiro atoms. The Morgan fingerprint density at radius 3 is 2.57 bits per heavy atom. The number of hydrogen-bond acceptors (Lipinski definition) is 4. The first kappa shape index (κ1) is 14.7. The molecular weight excluding hydrogens is 292 g/mol. The van der Waals surface area contributed by atoms with E-state index in [1.807, 2.05) is 6.07 Å². The van der Waals surface area contributed by atoms with Crippen molar-refractivity contribution in [2.75, 3.05) is 0 Å². The average molecular weight is 306 g/mol. The Morgan fingerprint density at radius 1 is 1.22 bits per heavy atom. The summed E-state index contributed by atoms with van der Waals surface area (Å²) in [6.45, 7) is 1.78. The molecule has 1 saturated heterocycles. The van der Waals surface area contributed by atoms with Crippen LogP contribution in [0.1, 0.15) is 23.7 Å². The fraction of sp³-hybridized carbons (Fsp3) is 0.176. The molecular formula is C17H14N4O2. The maximum Gasteiger partial charge on any atom is 0.325 e. The molecule has 1 atom stereocenters. The molecule has 23 heavy (non-hydrogen) atoms. The van der Waals surface area contributed by atoms with E-state index < -0.39 is 11.6 Å². The van der Waals surface area contributed by atoms with Gasteiger partial charge in [0.15, 0.2) is 0 Å². The van der Waals surface area contributed by atoms with Gasteiger partial charge in [0, 0.05) is 6.20 Å². The van der Waals surface area contributed by atoms with Crippen LogP contribution in [0.4, 0.5) is 4.79 Å². The smallest absolute Gasteiger partial charge is 0.319 e. The van der Waals surface area contributed by atoms with Gasteiger partial charge < -0.3 is 5.32 Å². The highest BCUT2D eigenvalue weighted by Crippen LogP contribution is 2.29. The number of pyridine rings is 1. The lowest BCUT2D eigenvalue weighted by Gasteiger charge is -2.22. The van der Waals surface area contributed by atoms with Crippen molar-refractivity contribution in [1.29, 1.82) is 5.26 Å². The third kappa shape index (κ3) is 2.53. The number of rotatable bonds is 3. The summed E-state index contributed by atoms with van der Waals surface area (Å²) in [5, 5.41) is 11.6. The topological polar surface area (TPSA) is 86.1 Å². The molecule has 114 valence electrons. The number of hydrogen-bond donors (Lipinski definition) is 1. The molecule has 1 aliphatic rings. The van der Waals surface area contributed by atoms with Crippen LogP contribution in [0.5, 0.6) is 0 Å². The molecule has 0 saturated carbocycles. The van der Waals surface area contributed by atoms with E-state index in [-0.39, 0.29) is 12.5 Å². The van der Waals surface area contributed by atoms with Crippen molar-refractivity contribution in [1.82, 2.24) is 15.2 Å². The number of carbonyl (C=O) groups excluding carboxylic acids is 2. The van der Waals surface area contributed by atoms with Crippen molar-refractivity contribution in [2.45, 2.75) is 19.0 Å². The van der Waals surface area contributed by atoms with Gasteiger partial charge in [0.05, 0.1) is 23.9 Å². The lowest BCUT2D eigenvalue weighted by molar-refractivity contribution is -0.131. The van der Waals surface area contributed by atoms with Crippen LogP contribution in [0, 0.1) is 11.3 Å². The van der Waals surface area contributed by atoms with Crippen molar-refractivity contribution in [2.24, 2.45) is 0 Å². The minimum absolute atomic E-state index is 0.122. The van der Waals surface area contributed by atoms with E-state index in [1.165, 1.54) is 0 Å². The summed E-state index contributed by atoms with van der Waals surface area (Å²) in [5.41, 5.74) is 0.637. The molecule has 0 bridgehead atoms. The predicted octanol–water partition coefficient (Wildman–Crippen LogP) is 1.92. The molecule has 1 fully saturated rings. The van der Waals surface area contributed by atoms with Gasteiger partial charge in [-0.1, -0.05) is 18.2 Å². The van der Waals surface area contributed by atoms with E-state index in [9.17, 15) is 9.59 Å². The number of amides is 3. The van der Waals surface area contributed by atoms with Gasteiger partial charge in [-0.3, -0.25) is 14.7 Å². The molecule has 0 radical (unpaired) electrons. The van der Waals surface area contributed by atoms with Gasteiger partial charge in [0.25, 0.3) is 5.91 Å². The van der Waals surface area contributed by atoms with Crippen molar-refractivity contribution < 1.29 is 9.59 Å². The maximum absolute atomic E-state index is 12.7. The van der Waals surface area contributed by atoms with Gasteiger partial charge in [-0.15, -0.1) is 0 Å². The summed E-state index contributed by atoms with van der Waals surface area (Å²) in [7, 11) is 0. The largest absolute Gasteiger partial charge is 0.325 e. The highest BCUT2D eigenvalue weighted by Gasteiger charge is 2.48. The van der Waals surface area contributed by atoms with E-state index in [1.54, 1.807) is 55.6 Å². The van der Waals surface area contributed by atoms with E-state index in [0.29, 0.717) is 16.8 Å². The van der Waals surface area contributed by atoms with Crippen LogP contribution in [0.2, 0.25) is 0 Å². The van der Waals surface area contributed by atoms with Crippen LogP contribution in [0.3, 0.4) is 0 Å². The molecule has 1 aromatic carbocycles. The number of aromatic nitrogens is 1. The standard InChI is InChI=1S/C17H14N4O2/c1-17(13-7-5-12(10-18)6-8-13)15(22)21(16(23)20-17)11-14-4-2-3-9-19-14/h2-9H,11H2,1H3,(H,20,23). The summed E-state index contributed by atoms with van der Waals surface area (Å²) < 4.78 is 0. The Balaban J connectivity index is 1.88. The zero-order valence-electron chi connectivity index (χ0n) is 12.5. The molecule has 1 aromatic heterocycles. The fourth-order valence-electron chi connectivity index (χ4n) is 2.57. The molecule has 1 unspecified atom stereocenters. The van der Waals surface area contributed by atoms with Crippen molar-refractivity contribution in [3.8, 4) is 6.07 Å². The normalized spacial score (nSPS) is 20.3. The number of urea groups is 1. The summed E-state index contributed by atoms with van der Waals surface area (Å²) in [4.78, 5) is 30.3. The van der Waals surface area contributed by atoms with E-state index in [0.717, 1.165) is 4.90 Å². The molecule has 1 aliphatic heterocycles. The minimum Gasteiger partial charge on any atom is -0.319 e. The first-order valence-corrected chi connectivity index (χ1v) is 7.09. The number of nitrogens with zero attached hydrogens (tertiary/aromatic N) is 3. The number of imide groups is 1. The third-order valence-corrected chi connectivity index (χ3v) is 3.91. The van der Waals surface area contributed by atoms with E-state index >= 15 is 0 Å². The lowest BCUT2D eigenvalue weighted by Crippen LogP contribution is -2.40. The number of nitriles is 1. The molecule has 1 N–H and O–H groups in total. The van der Waals surface area contributed by atoms with Crippen LogP contribution in [0.15, 0.2) is 48.7 Å². The highest BCUT2D eigenvalue weighted by molar-refractivity contribution is 6.07. The maximum atomic E-state index is 12.7. The fourth-order valence-corrected chi connectivity index (χ4v) is 2.57. The summed E-state index contributed by atoms with van der Waals surface area (Å²) in [5.74, 6) is -0.335. The van der Waals surface area contributed by atoms with E-state index in [4.69, 9.17) is 5.26 Å². The number of nitrogens with one attached hydrogen (secondary N) is 1. The Hall–Kier alpha value is -3.20. The molecule has 6 heteroatoms. The zero-order valence-corrected chi connectivity index (χ0v) is 12.5. The SMILES string of the molecule is CC1(c2ccc(C#N)cc2)NC(=O)N(Cc2ccccn2)C1=O. The van der Waals surface area contributed by atoms with Gasteiger partial charge in [-0.05, 0) is 36.8 Å². The minimum atomic E-state index is -1.14. The van der Waals surface area contributed by atoms with Gasteiger partial charge in [0.1, 0.15) is 5.54 Å². The van der Waals surface area contributed by atoms with Crippen LogP contribution < -0.4 is 5.32 Å². The van der Waals surface area contributed by atoms with Gasteiger partial charge >= 0.3 is 6.03 Å². The first-order chi connectivity index (χ1) is 11.0. The molecule has 3 rings (SSSR count). The van der Waals surface area contributed by atoms with Crippen molar-refractivity contribution >= 4 is 11.9 Å². The zero-order chi connectivity index (χ0) is 16.4. The average Bonchev–Trinajstić information content (AvgIpc) is 2.80. The van der Waals surface area contributed by atoms with Crippen molar-refractivity contribution in [3.05, 3.63) is 65.5 Å². The Kier molecular flexibility index (Phi) is 3.54. The second kappa shape index (κ2) is 5.54. The van der Waals surface area contributed by atoms with Gasteiger partial charge in [-0.2, -0.15) is 5.26 Å². The van der Waals surface area contributed by atoms with Gasteiger partial charge in [-0.25, -0.2) is 4.79 Å². The second-order valence-electron chi connectivity index (χ2n) is 5.46. The predicted molar refractivity (Wildman–Crippen MR) is 81.8 cm³/mol. The Morgan fingerprint density at radius 2 is 1.96 bits per heavy atom. The molecule has 3 amide bonds. The Labute approximate surface area is 133 Å². The van der Waals surface area contributed by atoms with Crippen LogP contribution in [-0.2, 0) is 16.9 Å². The summed E-state index contributed by atoms with van der Waals surface area (Å²) in [6.07, 6.45) is 1.62. The lowest BCUT2D eigenvalue weighted by atomic mass is 9.91. The van der Waals surface area contributed by atoms with Crippen LogP contribution >= 0.6 is 0 Å².